The molecule has 0 spiro atoms. The molecule has 1 N–H and O–H groups in total. The van der Waals surface area contributed by atoms with E-state index in [1.54, 1.807) is 11.3 Å². The predicted octanol–water partition coefficient (Wildman–Crippen LogP) is 2.16. The van der Waals surface area contributed by atoms with Crippen LogP contribution in [-0.2, 0) is 6.54 Å². The molecule has 2 atom stereocenters. The van der Waals surface area contributed by atoms with E-state index in [0.29, 0.717) is 0 Å². The molecule has 0 aliphatic carbocycles. The largest absolute Gasteiger partial charge is 0.316 e. The molecule has 0 amide bonds. The van der Waals surface area contributed by atoms with Crippen LogP contribution in [0.15, 0.2) is 15.2 Å². The molecule has 15 heavy (non-hydrogen) atoms. The number of fused-ring (bicyclic) bond motifs is 1. The first-order valence-electron chi connectivity index (χ1n) is 5.47. The first-order chi connectivity index (χ1) is 7.31. The highest BCUT2D eigenvalue weighted by Gasteiger charge is 2.35. The third-order valence-corrected chi connectivity index (χ3v) is 5.05. The Kier molecular flexibility index (Phi) is 2.85. The fraction of sp³-hybridized carbons (Fsp3) is 0.636. The minimum atomic E-state index is 0.909. The number of hydrogen-bond donors (Lipinski definition) is 1. The summed E-state index contributed by atoms with van der Waals surface area (Å²) in [5.74, 6) is 1.82. The molecule has 2 saturated heterocycles. The lowest BCUT2D eigenvalue weighted by atomic mass is 10.0. The second kappa shape index (κ2) is 4.17. The van der Waals surface area contributed by atoms with Gasteiger partial charge in [-0.1, -0.05) is 0 Å². The molecule has 0 radical (unpaired) electrons. The Labute approximate surface area is 103 Å². The minimum absolute atomic E-state index is 0.909. The van der Waals surface area contributed by atoms with E-state index in [0.717, 1.165) is 18.4 Å². The number of nitrogens with zero attached hydrogens (tertiary/aromatic N) is 1. The molecule has 2 aliphatic rings. The van der Waals surface area contributed by atoms with Gasteiger partial charge in [-0.3, -0.25) is 4.90 Å². The van der Waals surface area contributed by atoms with Crippen LogP contribution in [0, 0.1) is 11.8 Å². The Morgan fingerprint density at radius 3 is 2.73 bits per heavy atom. The molecule has 0 aromatic carbocycles. The zero-order valence-electron chi connectivity index (χ0n) is 8.58. The first kappa shape index (κ1) is 10.3. The van der Waals surface area contributed by atoms with Gasteiger partial charge in [-0.2, -0.15) is 0 Å². The molecule has 2 nitrogen and oxygen atoms in total. The molecule has 0 bridgehead atoms. The van der Waals surface area contributed by atoms with Crippen molar-refractivity contribution in [2.24, 2.45) is 11.8 Å². The number of nitrogens with one attached hydrogen (secondary N) is 1. The summed E-state index contributed by atoms with van der Waals surface area (Å²) in [6.07, 6.45) is 0. The molecular formula is C11H15BrN2S. The number of thiophene rings is 1. The second-order valence-corrected chi connectivity index (χ2v) is 6.92. The normalized spacial score (nSPS) is 31.0. The van der Waals surface area contributed by atoms with E-state index in [1.807, 2.05) is 0 Å². The summed E-state index contributed by atoms with van der Waals surface area (Å²) in [5, 5.41) is 5.74. The molecule has 3 rings (SSSR count). The van der Waals surface area contributed by atoms with Gasteiger partial charge in [0.05, 0.1) is 3.79 Å². The maximum atomic E-state index is 3.52. The van der Waals surface area contributed by atoms with Crippen LogP contribution in [-0.4, -0.2) is 31.1 Å². The Balaban J connectivity index is 1.61. The Hall–Kier alpha value is 0.1000. The molecule has 0 unspecified atom stereocenters. The number of halogens is 1. The summed E-state index contributed by atoms with van der Waals surface area (Å²) in [7, 11) is 0. The van der Waals surface area contributed by atoms with Crippen LogP contribution in [0.4, 0.5) is 0 Å². The van der Waals surface area contributed by atoms with E-state index >= 15 is 0 Å². The summed E-state index contributed by atoms with van der Waals surface area (Å²) in [4.78, 5) is 2.60. The summed E-state index contributed by atoms with van der Waals surface area (Å²) in [6.45, 7) is 6.16. The van der Waals surface area contributed by atoms with Crippen LogP contribution in [0.2, 0.25) is 0 Å². The summed E-state index contributed by atoms with van der Waals surface area (Å²) >= 11 is 5.31. The van der Waals surface area contributed by atoms with Crippen molar-refractivity contribution in [2.45, 2.75) is 6.54 Å². The molecule has 1 aromatic rings. The van der Waals surface area contributed by atoms with Crippen molar-refractivity contribution < 1.29 is 0 Å². The molecule has 2 aliphatic heterocycles. The summed E-state index contributed by atoms with van der Waals surface area (Å²) < 4.78 is 1.25. The molecule has 3 heterocycles. The lowest BCUT2D eigenvalue weighted by molar-refractivity contribution is 0.306. The van der Waals surface area contributed by atoms with Gasteiger partial charge in [-0.25, -0.2) is 0 Å². The topological polar surface area (TPSA) is 15.3 Å². The second-order valence-electron chi connectivity index (χ2n) is 4.63. The average Bonchev–Trinajstić information content (AvgIpc) is 2.81. The number of likely N-dealkylation sites (tertiary alicyclic amines) is 1. The lowest BCUT2D eigenvalue weighted by Gasteiger charge is -2.15. The van der Waals surface area contributed by atoms with Gasteiger partial charge >= 0.3 is 0 Å². The first-order valence-corrected chi connectivity index (χ1v) is 7.14. The third kappa shape index (κ3) is 2.13. The summed E-state index contributed by atoms with van der Waals surface area (Å²) in [5.41, 5.74) is 1.46. The van der Waals surface area contributed by atoms with E-state index in [4.69, 9.17) is 0 Å². The van der Waals surface area contributed by atoms with Gasteiger partial charge in [-0.05, 0) is 57.9 Å². The van der Waals surface area contributed by atoms with Gasteiger partial charge in [0.25, 0.3) is 0 Å². The van der Waals surface area contributed by atoms with Crippen molar-refractivity contribution in [1.29, 1.82) is 0 Å². The molecule has 1 aromatic heterocycles. The number of rotatable bonds is 2. The van der Waals surface area contributed by atoms with Gasteiger partial charge in [0.2, 0.25) is 0 Å². The fourth-order valence-electron chi connectivity index (χ4n) is 2.77. The van der Waals surface area contributed by atoms with Crippen molar-refractivity contribution in [2.75, 3.05) is 26.2 Å². The van der Waals surface area contributed by atoms with Gasteiger partial charge in [0, 0.05) is 19.6 Å². The molecule has 82 valence electrons. The maximum Gasteiger partial charge on any atom is 0.0701 e. The Morgan fingerprint density at radius 1 is 1.40 bits per heavy atom. The van der Waals surface area contributed by atoms with Crippen LogP contribution >= 0.6 is 27.3 Å². The van der Waals surface area contributed by atoms with Crippen LogP contribution in [0.1, 0.15) is 5.56 Å². The highest BCUT2D eigenvalue weighted by atomic mass is 79.9. The predicted molar refractivity (Wildman–Crippen MR) is 67.1 cm³/mol. The third-order valence-electron chi connectivity index (χ3n) is 3.49. The smallest absolute Gasteiger partial charge is 0.0701 e. The Bertz CT molecular complexity index is 340. The zero-order chi connectivity index (χ0) is 10.3. The van der Waals surface area contributed by atoms with Crippen molar-refractivity contribution in [3.05, 3.63) is 20.8 Å². The molecule has 4 heteroatoms. The van der Waals surface area contributed by atoms with E-state index < -0.39 is 0 Å². The van der Waals surface area contributed by atoms with Crippen molar-refractivity contribution in [3.8, 4) is 0 Å². The molecule has 0 saturated carbocycles. The quantitative estimate of drug-likeness (QED) is 0.896. The van der Waals surface area contributed by atoms with Crippen molar-refractivity contribution in [3.63, 3.8) is 0 Å². The summed E-state index contributed by atoms with van der Waals surface area (Å²) in [6, 6.07) is 2.25. The van der Waals surface area contributed by atoms with Crippen LogP contribution in [0.25, 0.3) is 0 Å². The highest BCUT2D eigenvalue weighted by Crippen LogP contribution is 2.29. The molecule has 2 fully saturated rings. The fourth-order valence-corrected chi connectivity index (χ4v) is 3.97. The monoisotopic (exact) mass is 286 g/mol. The van der Waals surface area contributed by atoms with E-state index in [-0.39, 0.29) is 0 Å². The van der Waals surface area contributed by atoms with Gasteiger partial charge in [-0.15, -0.1) is 11.3 Å². The van der Waals surface area contributed by atoms with E-state index in [1.165, 1.54) is 35.5 Å². The Morgan fingerprint density at radius 2 is 2.13 bits per heavy atom. The average molecular weight is 287 g/mol. The van der Waals surface area contributed by atoms with Gasteiger partial charge < -0.3 is 5.32 Å². The van der Waals surface area contributed by atoms with Gasteiger partial charge in [0.1, 0.15) is 0 Å². The van der Waals surface area contributed by atoms with E-state index in [2.05, 4.69) is 37.6 Å². The highest BCUT2D eigenvalue weighted by molar-refractivity contribution is 9.11. The SMILES string of the molecule is Brc1cc(CN2C[C@H]3CNC[C@H]3C2)cs1. The standard InChI is InChI=1S/C11H15BrN2S/c12-11-1-8(7-15-11)4-14-5-9-2-13-3-10(9)6-14/h1,7,9-10,13H,2-6H2/t9-,10+. The van der Waals surface area contributed by atoms with Crippen LogP contribution < -0.4 is 5.32 Å². The molecular weight excluding hydrogens is 272 g/mol. The van der Waals surface area contributed by atoms with Crippen LogP contribution in [0.3, 0.4) is 0 Å². The number of hydrogen-bond acceptors (Lipinski definition) is 3. The zero-order valence-corrected chi connectivity index (χ0v) is 11.0. The lowest BCUT2D eigenvalue weighted by Crippen LogP contribution is -2.25. The van der Waals surface area contributed by atoms with E-state index in [9.17, 15) is 0 Å². The van der Waals surface area contributed by atoms with Gasteiger partial charge in [0.15, 0.2) is 0 Å². The van der Waals surface area contributed by atoms with Crippen LogP contribution in [0.5, 0.6) is 0 Å². The van der Waals surface area contributed by atoms with Crippen molar-refractivity contribution in [1.82, 2.24) is 10.2 Å². The minimum Gasteiger partial charge on any atom is -0.316 e. The maximum absolute atomic E-state index is 3.52. The van der Waals surface area contributed by atoms with Crippen molar-refractivity contribution >= 4 is 27.3 Å².